The van der Waals surface area contributed by atoms with Crippen molar-refractivity contribution < 1.29 is 14.7 Å². The van der Waals surface area contributed by atoms with Crippen LogP contribution in [0.15, 0.2) is 17.2 Å². The molecule has 12 nitrogen and oxygen atoms in total. The van der Waals surface area contributed by atoms with Crippen LogP contribution in [-0.2, 0) is 0 Å². The van der Waals surface area contributed by atoms with E-state index in [4.69, 9.17) is 5.53 Å². The molecule has 0 spiro atoms. The first-order valence-corrected chi connectivity index (χ1v) is 4.29. The third kappa shape index (κ3) is 1.64. The van der Waals surface area contributed by atoms with Crippen LogP contribution >= 0.6 is 0 Å². The van der Waals surface area contributed by atoms with Gasteiger partial charge in [-0.15, -0.1) is 0 Å². The number of azide groups is 1. The molecule has 0 aliphatic carbocycles. The van der Waals surface area contributed by atoms with Crippen molar-refractivity contribution >= 4 is 22.4 Å². The first-order valence-electron chi connectivity index (χ1n) is 4.29. The molecule has 1 heterocycles. The number of rotatable bonds is 2. The van der Waals surface area contributed by atoms with Gasteiger partial charge in [-0.1, -0.05) is 0 Å². The molecule has 0 atom stereocenters. The lowest BCUT2D eigenvalue weighted by atomic mass is 10.2. The summed E-state index contributed by atoms with van der Waals surface area (Å²) in [6, 6.07) is 2.05. The fraction of sp³-hybridized carbons (Fsp3) is 0. The zero-order valence-corrected chi connectivity index (χ0v) is 8.37. The molecule has 0 aliphatic rings. The van der Waals surface area contributed by atoms with Gasteiger partial charge in [-0.2, -0.15) is 0 Å². The van der Waals surface area contributed by atoms with Crippen LogP contribution in [0.5, 0.6) is 0 Å². The third-order valence-electron chi connectivity index (χ3n) is 1.99. The Morgan fingerprint density at radius 2 is 2.17 bits per heavy atom. The second-order valence-electron chi connectivity index (χ2n) is 2.96. The summed E-state index contributed by atoms with van der Waals surface area (Å²) in [7, 11) is 0. The van der Waals surface area contributed by atoms with Gasteiger partial charge >= 0.3 is 5.21 Å². The SMILES string of the molecule is [N-]=[N+]=Nc1c([N+](=O)[O-])ccc2n[n+]([O-])n[n+]([O-])c12. The van der Waals surface area contributed by atoms with Gasteiger partial charge in [-0.25, -0.2) is 0 Å². The summed E-state index contributed by atoms with van der Waals surface area (Å²) in [5, 5.41) is 42.2. The smallest absolute Gasteiger partial charge is 0.326 e. The maximum absolute atomic E-state index is 11.4. The number of fused-ring (bicyclic) bond motifs is 1. The fourth-order valence-electron chi connectivity index (χ4n) is 1.34. The van der Waals surface area contributed by atoms with Crippen LogP contribution in [0.4, 0.5) is 11.4 Å². The Morgan fingerprint density at radius 1 is 1.44 bits per heavy atom. The molecule has 90 valence electrons. The molecule has 0 amide bonds. The number of nitro benzene ring substituents is 1. The van der Waals surface area contributed by atoms with Crippen LogP contribution in [0.2, 0.25) is 0 Å². The minimum Gasteiger partial charge on any atom is -0.590 e. The molecule has 0 radical (unpaired) electrons. The Kier molecular flexibility index (Phi) is 2.46. The Labute approximate surface area is 96.6 Å². The molecule has 1 aromatic carbocycles. The minimum atomic E-state index is -0.832. The Hall–Kier alpha value is -3.27. The van der Waals surface area contributed by atoms with Gasteiger partial charge in [-0.3, -0.25) is 10.1 Å². The molecule has 0 N–H and O–H groups in total. The second kappa shape index (κ2) is 3.95. The number of nitrogens with zero attached hydrogens (tertiary/aromatic N) is 8. The molecule has 2 aromatic rings. The van der Waals surface area contributed by atoms with Crippen molar-refractivity contribution in [2.75, 3.05) is 0 Å². The Bertz CT molecular complexity index is 708. The minimum absolute atomic E-state index is 0.178. The first kappa shape index (κ1) is 11.2. The van der Waals surface area contributed by atoms with Gasteiger partial charge in [0.05, 0.1) is 10.0 Å². The van der Waals surface area contributed by atoms with Crippen LogP contribution in [0.25, 0.3) is 21.5 Å². The van der Waals surface area contributed by atoms with Crippen molar-refractivity contribution in [2.24, 2.45) is 5.11 Å². The van der Waals surface area contributed by atoms with E-state index in [-0.39, 0.29) is 15.3 Å². The topological polar surface area (TPSA) is 172 Å². The van der Waals surface area contributed by atoms with Gasteiger partial charge in [0.15, 0.2) is 5.69 Å². The molecule has 0 bridgehead atoms. The number of nitro groups is 1. The Balaban J connectivity index is 2.98. The van der Waals surface area contributed by atoms with Crippen molar-refractivity contribution in [1.29, 1.82) is 0 Å². The van der Waals surface area contributed by atoms with E-state index in [0.717, 1.165) is 12.1 Å². The van der Waals surface area contributed by atoms with Gasteiger partial charge in [0.1, 0.15) is 4.96 Å². The number of hydrogen-bond donors (Lipinski definition) is 0. The normalized spacial score (nSPS) is 10.0. The van der Waals surface area contributed by atoms with E-state index in [1.165, 1.54) is 0 Å². The summed E-state index contributed by atoms with van der Waals surface area (Å²) in [6.07, 6.45) is 0. The molecule has 0 saturated carbocycles. The van der Waals surface area contributed by atoms with E-state index in [9.17, 15) is 20.5 Å². The van der Waals surface area contributed by atoms with E-state index in [1.807, 2.05) is 0 Å². The average molecular weight is 250 g/mol. The highest BCUT2D eigenvalue weighted by atomic mass is 16.6. The van der Waals surface area contributed by atoms with Crippen molar-refractivity contribution in [3.05, 3.63) is 43.1 Å². The predicted octanol–water partition coefficient (Wildman–Crippen LogP) is -0.253. The number of hydrogen-bond acceptors (Lipinski definition) is 7. The van der Waals surface area contributed by atoms with Gasteiger partial charge < -0.3 is 10.4 Å². The lowest BCUT2D eigenvalue weighted by Crippen LogP contribution is -2.50. The quantitative estimate of drug-likeness (QED) is 0.135. The fourth-order valence-corrected chi connectivity index (χ4v) is 1.34. The van der Waals surface area contributed by atoms with Crippen LogP contribution in [0, 0.1) is 20.5 Å². The summed E-state index contributed by atoms with van der Waals surface area (Å²) in [5.74, 6) is 0. The summed E-state index contributed by atoms with van der Waals surface area (Å²) < 4.78 is 0. The van der Waals surface area contributed by atoms with E-state index >= 15 is 0 Å². The highest BCUT2D eigenvalue weighted by molar-refractivity contribution is 5.88. The van der Waals surface area contributed by atoms with Crippen molar-refractivity contribution in [3.63, 3.8) is 0 Å². The molecule has 0 aliphatic heterocycles. The molecule has 12 heteroatoms. The molecular weight excluding hydrogens is 248 g/mol. The summed E-state index contributed by atoms with van der Waals surface area (Å²) in [4.78, 5) is 11.8. The van der Waals surface area contributed by atoms with Gasteiger partial charge in [0, 0.05) is 15.8 Å². The van der Waals surface area contributed by atoms with E-state index < -0.39 is 21.8 Å². The van der Waals surface area contributed by atoms with Crippen molar-refractivity contribution in [2.45, 2.75) is 0 Å². The number of aromatic nitrogens is 4. The van der Waals surface area contributed by atoms with E-state index in [0.29, 0.717) is 0 Å². The highest BCUT2D eigenvalue weighted by Gasteiger charge is 2.26. The summed E-state index contributed by atoms with van der Waals surface area (Å²) in [5.41, 5.74) is 6.59. The van der Waals surface area contributed by atoms with Crippen molar-refractivity contribution in [3.8, 4) is 0 Å². The van der Waals surface area contributed by atoms with Gasteiger partial charge in [0.25, 0.3) is 11.2 Å². The second-order valence-corrected chi connectivity index (χ2v) is 2.96. The van der Waals surface area contributed by atoms with Gasteiger partial charge in [-0.05, 0) is 16.7 Å². The van der Waals surface area contributed by atoms with Gasteiger partial charge in [0.2, 0.25) is 5.52 Å². The van der Waals surface area contributed by atoms with Crippen LogP contribution < -0.4 is 9.80 Å². The highest BCUT2D eigenvalue weighted by Crippen LogP contribution is 2.32. The Morgan fingerprint density at radius 3 is 2.78 bits per heavy atom. The lowest BCUT2D eigenvalue weighted by Gasteiger charge is -1.99. The third-order valence-corrected chi connectivity index (χ3v) is 1.99. The zero-order chi connectivity index (χ0) is 13.3. The van der Waals surface area contributed by atoms with E-state index in [1.54, 1.807) is 0 Å². The molecule has 0 unspecified atom stereocenters. The average Bonchev–Trinajstić information content (AvgIpc) is 2.28. The molecule has 2 rings (SSSR count). The maximum atomic E-state index is 11.4. The van der Waals surface area contributed by atoms with Crippen LogP contribution in [0.1, 0.15) is 0 Å². The summed E-state index contributed by atoms with van der Waals surface area (Å²) >= 11 is 0. The van der Waals surface area contributed by atoms with Crippen LogP contribution in [0.3, 0.4) is 0 Å². The zero-order valence-electron chi connectivity index (χ0n) is 8.37. The maximum Gasteiger partial charge on any atom is 0.326 e. The van der Waals surface area contributed by atoms with E-state index in [2.05, 4.69) is 20.3 Å². The summed E-state index contributed by atoms with van der Waals surface area (Å²) in [6.45, 7) is 0. The molecule has 0 saturated heterocycles. The predicted molar refractivity (Wildman–Crippen MR) is 52.9 cm³/mol. The monoisotopic (exact) mass is 250 g/mol. The molecule has 1 aromatic heterocycles. The number of benzene rings is 1. The standard InChI is InChI=1S/C6H2N8O4/c7-10-8-5-4(13(16)17)2-1-3-6(5)12(15)11-14(18)9-3/h1-2H. The first-order chi connectivity index (χ1) is 8.54. The molecular formula is C6H2N8O4. The molecule has 0 fully saturated rings. The lowest BCUT2D eigenvalue weighted by molar-refractivity contribution is -0.863. The largest absolute Gasteiger partial charge is 0.590 e. The van der Waals surface area contributed by atoms with Crippen molar-refractivity contribution in [1.82, 2.24) is 10.3 Å². The molecule has 18 heavy (non-hydrogen) atoms. The van der Waals surface area contributed by atoms with Crippen LogP contribution in [-0.4, -0.2) is 15.2 Å².